The normalized spacial score (nSPS) is 18.0. The Bertz CT molecular complexity index is 656. The first-order chi connectivity index (χ1) is 10.8. The van der Waals surface area contributed by atoms with E-state index in [4.69, 9.17) is 4.74 Å². The van der Waals surface area contributed by atoms with Crippen molar-refractivity contribution in [3.63, 3.8) is 0 Å². The summed E-state index contributed by atoms with van der Waals surface area (Å²) in [6, 6.07) is 0. The highest BCUT2D eigenvalue weighted by Crippen LogP contribution is 2.20. The zero-order chi connectivity index (χ0) is 16.6. The van der Waals surface area contributed by atoms with Gasteiger partial charge in [0.05, 0.1) is 17.8 Å². The lowest BCUT2D eigenvalue weighted by Crippen LogP contribution is -2.42. The first-order valence-electron chi connectivity index (χ1n) is 8.18. The molecular formula is C16H24N4O3. The van der Waals surface area contributed by atoms with Crippen LogP contribution in [0.1, 0.15) is 44.9 Å². The van der Waals surface area contributed by atoms with Crippen molar-refractivity contribution in [3.05, 3.63) is 21.6 Å². The van der Waals surface area contributed by atoms with E-state index in [1.165, 1.54) is 0 Å². The number of anilines is 1. The lowest BCUT2D eigenvalue weighted by atomic mass is 10.1. The van der Waals surface area contributed by atoms with E-state index in [1.54, 1.807) is 4.90 Å². The summed E-state index contributed by atoms with van der Waals surface area (Å²) in [4.78, 5) is 35.7. The Hall–Kier alpha value is -2.05. The topological polar surface area (TPSA) is 78.5 Å². The molecule has 7 heteroatoms. The molecule has 7 nitrogen and oxygen atoms in total. The molecule has 0 unspecified atom stereocenters. The summed E-state index contributed by atoms with van der Waals surface area (Å²) in [6.07, 6.45) is 2.46. The fourth-order valence-corrected chi connectivity index (χ4v) is 2.97. The predicted octanol–water partition coefficient (Wildman–Crippen LogP) is 1.66. The van der Waals surface area contributed by atoms with E-state index >= 15 is 0 Å². The van der Waals surface area contributed by atoms with E-state index in [9.17, 15) is 9.59 Å². The number of rotatable bonds is 1. The number of carbonyl (C=O) groups excluding carboxylic acids is 1. The second-order valence-electron chi connectivity index (χ2n) is 7.16. The van der Waals surface area contributed by atoms with Crippen LogP contribution in [0.25, 0.3) is 0 Å². The number of nitrogens with one attached hydrogen (secondary N) is 1. The van der Waals surface area contributed by atoms with Crippen molar-refractivity contribution in [3.8, 4) is 0 Å². The maximum absolute atomic E-state index is 12.4. The van der Waals surface area contributed by atoms with E-state index in [1.807, 2.05) is 20.8 Å². The van der Waals surface area contributed by atoms with Gasteiger partial charge in [-0.3, -0.25) is 9.78 Å². The van der Waals surface area contributed by atoms with Gasteiger partial charge in [-0.2, -0.15) is 0 Å². The molecule has 0 aliphatic carbocycles. The molecule has 2 aliphatic heterocycles. The Morgan fingerprint density at radius 3 is 2.57 bits per heavy atom. The van der Waals surface area contributed by atoms with Crippen LogP contribution in [-0.2, 0) is 17.7 Å². The van der Waals surface area contributed by atoms with Crippen LogP contribution >= 0.6 is 0 Å². The SMILES string of the molecule is CC(C)(C)OC(=O)N1CCc2nc(N3CCCC3)[nH]c(=O)c2C1. The van der Waals surface area contributed by atoms with Gasteiger partial charge in [-0.25, -0.2) is 9.78 Å². The minimum absolute atomic E-state index is 0.148. The summed E-state index contributed by atoms with van der Waals surface area (Å²) in [5.74, 6) is 0.664. The molecule has 0 bridgehead atoms. The highest BCUT2D eigenvalue weighted by atomic mass is 16.6. The van der Waals surface area contributed by atoms with Crippen molar-refractivity contribution in [1.29, 1.82) is 0 Å². The average Bonchev–Trinajstić information content (AvgIpc) is 2.99. The molecule has 3 rings (SSSR count). The Labute approximate surface area is 135 Å². The second-order valence-corrected chi connectivity index (χ2v) is 7.16. The lowest BCUT2D eigenvalue weighted by molar-refractivity contribution is 0.0222. The largest absolute Gasteiger partial charge is 0.444 e. The molecular weight excluding hydrogens is 296 g/mol. The van der Waals surface area contributed by atoms with E-state index in [-0.39, 0.29) is 18.2 Å². The third-order valence-electron chi connectivity index (χ3n) is 4.11. The van der Waals surface area contributed by atoms with Gasteiger partial charge in [0.15, 0.2) is 0 Å². The van der Waals surface area contributed by atoms with Gasteiger partial charge < -0.3 is 14.5 Å². The van der Waals surface area contributed by atoms with Crippen molar-refractivity contribution in [2.24, 2.45) is 0 Å². The Morgan fingerprint density at radius 2 is 1.91 bits per heavy atom. The molecule has 0 spiro atoms. The van der Waals surface area contributed by atoms with Crippen molar-refractivity contribution in [2.75, 3.05) is 24.5 Å². The number of ether oxygens (including phenoxy) is 1. The molecule has 0 radical (unpaired) electrons. The molecule has 1 amide bonds. The van der Waals surface area contributed by atoms with Crippen molar-refractivity contribution in [2.45, 2.75) is 52.2 Å². The first-order valence-corrected chi connectivity index (χ1v) is 8.18. The predicted molar refractivity (Wildman–Crippen MR) is 86.7 cm³/mol. The van der Waals surface area contributed by atoms with Crippen LogP contribution < -0.4 is 10.5 Å². The molecule has 1 aromatic rings. The van der Waals surface area contributed by atoms with Gasteiger partial charge in [-0.05, 0) is 33.6 Å². The third kappa shape index (κ3) is 3.48. The number of hydrogen-bond acceptors (Lipinski definition) is 5. The average molecular weight is 320 g/mol. The number of H-pyrrole nitrogens is 1. The molecule has 0 aromatic carbocycles. The highest BCUT2D eigenvalue weighted by Gasteiger charge is 2.28. The van der Waals surface area contributed by atoms with E-state index in [2.05, 4.69) is 14.9 Å². The summed E-state index contributed by atoms with van der Waals surface area (Å²) in [6.45, 7) is 8.15. The summed E-state index contributed by atoms with van der Waals surface area (Å²) >= 11 is 0. The summed E-state index contributed by atoms with van der Waals surface area (Å²) in [5.41, 5.74) is 0.687. The number of amides is 1. The number of hydrogen-bond donors (Lipinski definition) is 1. The number of aromatic nitrogens is 2. The number of fused-ring (bicyclic) bond motifs is 1. The maximum Gasteiger partial charge on any atom is 0.410 e. The third-order valence-corrected chi connectivity index (χ3v) is 4.11. The minimum atomic E-state index is -0.540. The fraction of sp³-hybridized carbons (Fsp3) is 0.688. The highest BCUT2D eigenvalue weighted by molar-refractivity contribution is 5.68. The number of carbonyl (C=O) groups is 1. The second kappa shape index (κ2) is 5.86. The quantitative estimate of drug-likeness (QED) is 0.851. The Kier molecular flexibility index (Phi) is 4.04. The Morgan fingerprint density at radius 1 is 1.22 bits per heavy atom. The van der Waals surface area contributed by atoms with Crippen LogP contribution in [0, 0.1) is 0 Å². The van der Waals surface area contributed by atoms with Gasteiger partial charge in [0, 0.05) is 26.1 Å². The van der Waals surface area contributed by atoms with Crippen LogP contribution in [0.4, 0.5) is 10.7 Å². The van der Waals surface area contributed by atoms with Crippen molar-refractivity contribution >= 4 is 12.0 Å². The van der Waals surface area contributed by atoms with Gasteiger partial charge in [0.2, 0.25) is 5.95 Å². The molecule has 1 fully saturated rings. The monoisotopic (exact) mass is 320 g/mol. The molecule has 0 atom stereocenters. The molecule has 3 heterocycles. The minimum Gasteiger partial charge on any atom is -0.444 e. The van der Waals surface area contributed by atoms with Gasteiger partial charge in [-0.15, -0.1) is 0 Å². The first kappa shape index (κ1) is 15.8. The van der Waals surface area contributed by atoms with Gasteiger partial charge in [0.1, 0.15) is 5.60 Å². The summed E-state index contributed by atoms with van der Waals surface area (Å²) in [5, 5.41) is 0. The summed E-state index contributed by atoms with van der Waals surface area (Å²) < 4.78 is 5.38. The molecule has 0 saturated carbocycles. The van der Waals surface area contributed by atoms with Gasteiger partial charge in [-0.1, -0.05) is 0 Å². The van der Waals surface area contributed by atoms with Crippen LogP contribution in [0.3, 0.4) is 0 Å². The standard InChI is InChI=1S/C16H24N4O3/c1-16(2,3)23-15(22)20-9-6-12-11(10-20)13(21)18-14(17-12)19-7-4-5-8-19/h4-10H2,1-3H3,(H,17,18,21). The molecule has 1 N–H and O–H groups in total. The molecule has 2 aliphatic rings. The van der Waals surface area contributed by atoms with Crippen molar-refractivity contribution in [1.82, 2.24) is 14.9 Å². The molecule has 1 aromatic heterocycles. The van der Waals surface area contributed by atoms with Gasteiger partial charge >= 0.3 is 6.09 Å². The molecule has 23 heavy (non-hydrogen) atoms. The van der Waals surface area contributed by atoms with E-state index < -0.39 is 5.60 Å². The fourth-order valence-electron chi connectivity index (χ4n) is 2.97. The van der Waals surface area contributed by atoms with Gasteiger partial charge in [0.25, 0.3) is 5.56 Å². The Balaban J connectivity index is 1.79. The van der Waals surface area contributed by atoms with Crippen molar-refractivity contribution < 1.29 is 9.53 Å². The smallest absolute Gasteiger partial charge is 0.410 e. The van der Waals surface area contributed by atoms with E-state index in [0.29, 0.717) is 24.5 Å². The van der Waals surface area contributed by atoms with Crippen LogP contribution in [0.5, 0.6) is 0 Å². The van der Waals surface area contributed by atoms with E-state index in [0.717, 1.165) is 31.6 Å². The molecule has 1 saturated heterocycles. The lowest BCUT2D eigenvalue weighted by Gasteiger charge is -2.30. The van der Waals surface area contributed by atoms with Crippen LogP contribution in [0.15, 0.2) is 4.79 Å². The summed E-state index contributed by atoms with van der Waals surface area (Å²) in [7, 11) is 0. The van der Waals surface area contributed by atoms with Crippen LogP contribution in [-0.4, -0.2) is 46.2 Å². The number of aromatic amines is 1. The maximum atomic E-state index is 12.4. The zero-order valence-corrected chi connectivity index (χ0v) is 14.0. The number of nitrogens with zero attached hydrogens (tertiary/aromatic N) is 3. The van der Waals surface area contributed by atoms with Crippen LogP contribution in [0.2, 0.25) is 0 Å². The molecule has 126 valence electrons. The zero-order valence-electron chi connectivity index (χ0n) is 14.0.